The fourth-order valence-electron chi connectivity index (χ4n) is 3.63. The fraction of sp³-hybridized carbons (Fsp3) is 0.348. The minimum Gasteiger partial charge on any atom is -0.486 e. The molecule has 0 spiro atoms. The lowest BCUT2D eigenvalue weighted by molar-refractivity contribution is -0.136. The highest BCUT2D eigenvalue weighted by molar-refractivity contribution is 5.71. The van der Waals surface area contributed by atoms with Crippen LogP contribution in [0.3, 0.4) is 0 Å². The Balaban J connectivity index is 1.75. The highest BCUT2D eigenvalue weighted by atomic mass is 19.1. The fourth-order valence-corrected chi connectivity index (χ4v) is 3.63. The molecule has 27 heavy (non-hydrogen) atoms. The zero-order valence-electron chi connectivity index (χ0n) is 15.8. The van der Waals surface area contributed by atoms with Crippen LogP contribution in [0.2, 0.25) is 0 Å². The Hall–Kier alpha value is -2.62. The number of halogens is 1. The van der Waals surface area contributed by atoms with E-state index >= 15 is 0 Å². The number of aryl methyl sites for hydroxylation is 3. The summed E-state index contributed by atoms with van der Waals surface area (Å²) in [6.07, 6.45) is 3.41. The number of allylic oxidation sites excluding steroid dienone is 1. The van der Waals surface area contributed by atoms with E-state index in [1.807, 2.05) is 6.92 Å². The summed E-state index contributed by atoms with van der Waals surface area (Å²) < 4.78 is 20.2. The molecular formula is C23H25FO3. The SMILES string of the molecule is Cc1cccc(C2=C(COc3cc(C)c(CCC(=O)O)cc3F)CCC2)c1. The summed E-state index contributed by atoms with van der Waals surface area (Å²) in [5.74, 6) is -1.08. The predicted molar refractivity (Wildman–Crippen MR) is 105 cm³/mol. The maximum atomic E-state index is 14.4. The van der Waals surface area contributed by atoms with Crippen molar-refractivity contribution < 1.29 is 19.0 Å². The van der Waals surface area contributed by atoms with Crippen molar-refractivity contribution in [2.45, 2.75) is 46.0 Å². The molecule has 0 aliphatic heterocycles. The number of aliphatic carboxylic acids is 1. The molecule has 0 atom stereocenters. The van der Waals surface area contributed by atoms with Crippen molar-refractivity contribution in [3.63, 3.8) is 0 Å². The average molecular weight is 368 g/mol. The molecule has 3 rings (SSSR count). The van der Waals surface area contributed by atoms with E-state index in [2.05, 4.69) is 31.2 Å². The van der Waals surface area contributed by atoms with Gasteiger partial charge in [-0.15, -0.1) is 0 Å². The van der Waals surface area contributed by atoms with Crippen LogP contribution >= 0.6 is 0 Å². The first-order valence-corrected chi connectivity index (χ1v) is 9.35. The Morgan fingerprint density at radius 1 is 1.19 bits per heavy atom. The van der Waals surface area contributed by atoms with Gasteiger partial charge in [-0.25, -0.2) is 4.39 Å². The summed E-state index contributed by atoms with van der Waals surface area (Å²) in [4.78, 5) is 10.7. The third-order valence-electron chi connectivity index (χ3n) is 5.10. The van der Waals surface area contributed by atoms with Gasteiger partial charge < -0.3 is 9.84 Å². The van der Waals surface area contributed by atoms with Crippen molar-refractivity contribution >= 4 is 11.5 Å². The van der Waals surface area contributed by atoms with Crippen LogP contribution in [0.4, 0.5) is 4.39 Å². The normalized spacial score (nSPS) is 13.9. The standard InChI is InChI=1S/C23H25FO3/c1-15-5-3-6-18(11-15)20-8-4-7-19(20)14-27-22-12-16(2)17(13-21(22)24)9-10-23(25)26/h3,5-6,11-13H,4,7-10,14H2,1-2H3,(H,25,26). The van der Waals surface area contributed by atoms with Crippen molar-refractivity contribution in [3.05, 3.63) is 70.0 Å². The van der Waals surface area contributed by atoms with Gasteiger partial charge in [-0.05, 0) is 79.5 Å². The van der Waals surface area contributed by atoms with Gasteiger partial charge in [-0.3, -0.25) is 4.79 Å². The zero-order chi connectivity index (χ0) is 19.4. The van der Waals surface area contributed by atoms with E-state index in [0.717, 1.165) is 24.8 Å². The molecule has 142 valence electrons. The van der Waals surface area contributed by atoms with Gasteiger partial charge >= 0.3 is 5.97 Å². The molecule has 0 unspecified atom stereocenters. The van der Waals surface area contributed by atoms with Gasteiger partial charge in [0.1, 0.15) is 6.61 Å². The molecule has 0 fully saturated rings. The molecule has 3 nitrogen and oxygen atoms in total. The Kier molecular flexibility index (Phi) is 5.94. The molecule has 1 N–H and O–H groups in total. The van der Waals surface area contributed by atoms with Crippen LogP contribution < -0.4 is 4.74 Å². The van der Waals surface area contributed by atoms with Gasteiger partial charge in [-0.1, -0.05) is 29.8 Å². The minimum atomic E-state index is -0.882. The Labute approximate surface area is 159 Å². The summed E-state index contributed by atoms with van der Waals surface area (Å²) in [5, 5.41) is 8.81. The summed E-state index contributed by atoms with van der Waals surface area (Å²) in [6.45, 7) is 4.32. The van der Waals surface area contributed by atoms with Crippen LogP contribution in [0.25, 0.3) is 5.57 Å². The minimum absolute atomic E-state index is 0.00672. The lowest BCUT2D eigenvalue weighted by atomic mass is 10.0. The quantitative estimate of drug-likeness (QED) is 0.704. The molecule has 2 aromatic rings. The molecule has 4 heteroatoms. The molecule has 0 aromatic heterocycles. The highest BCUT2D eigenvalue weighted by Crippen LogP contribution is 2.35. The molecule has 0 heterocycles. The second kappa shape index (κ2) is 8.38. The summed E-state index contributed by atoms with van der Waals surface area (Å²) in [6, 6.07) is 11.5. The average Bonchev–Trinajstić information content (AvgIpc) is 3.09. The van der Waals surface area contributed by atoms with Crippen LogP contribution in [-0.2, 0) is 11.2 Å². The van der Waals surface area contributed by atoms with E-state index in [1.165, 1.54) is 28.3 Å². The van der Waals surface area contributed by atoms with E-state index in [9.17, 15) is 9.18 Å². The second-order valence-electron chi connectivity index (χ2n) is 7.20. The van der Waals surface area contributed by atoms with E-state index in [0.29, 0.717) is 18.6 Å². The number of carboxylic acids is 1. The van der Waals surface area contributed by atoms with Gasteiger partial charge in [0.25, 0.3) is 0 Å². The first-order valence-electron chi connectivity index (χ1n) is 9.35. The summed E-state index contributed by atoms with van der Waals surface area (Å²) in [7, 11) is 0. The molecule has 2 aromatic carbocycles. The molecule has 0 bridgehead atoms. The number of benzene rings is 2. The monoisotopic (exact) mass is 368 g/mol. The van der Waals surface area contributed by atoms with Crippen molar-refractivity contribution in [1.82, 2.24) is 0 Å². The number of carbonyl (C=O) groups is 1. The number of carboxylic acid groups (broad SMARTS) is 1. The zero-order valence-corrected chi connectivity index (χ0v) is 15.8. The molecule has 1 aliphatic carbocycles. The topological polar surface area (TPSA) is 46.5 Å². The van der Waals surface area contributed by atoms with Crippen molar-refractivity contribution in [2.75, 3.05) is 6.61 Å². The Morgan fingerprint density at radius 3 is 2.74 bits per heavy atom. The van der Waals surface area contributed by atoms with Crippen LogP contribution in [0.15, 0.2) is 42.0 Å². The molecule has 0 saturated carbocycles. The van der Waals surface area contributed by atoms with Gasteiger partial charge in [0.15, 0.2) is 11.6 Å². The Bertz CT molecular complexity index is 883. The van der Waals surface area contributed by atoms with Crippen LogP contribution in [0.1, 0.15) is 47.9 Å². The molecule has 0 amide bonds. The van der Waals surface area contributed by atoms with Crippen LogP contribution in [-0.4, -0.2) is 17.7 Å². The molecule has 0 saturated heterocycles. The smallest absolute Gasteiger partial charge is 0.303 e. The molecular weight excluding hydrogens is 343 g/mol. The van der Waals surface area contributed by atoms with Gasteiger partial charge in [0.2, 0.25) is 0 Å². The third-order valence-corrected chi connectivity index (χ3v) is 5.10. The number of hydrogen-bond acceptors (Lipinski definition) is 2. The highest BCUT2D eigenvalue weighted by Gasteiger charge is 2.18. The first-order chi connectivity index (χ1) is 12.9. The summed E-state index contributed by atoms with van der Waals surface area (Å²) >= 11 is 0. The largest absolute Gasteiger partial charge is 0.486 e. The maximum Gasteiger partial charge on any atom is 0.303 e. The summed E-state index contributed by atoms with van der Waals surface area (Å²) in [5.41, 5.74) is 6.56. The number of rotatable bonds is 7. The molecule has 0 radical (unpaired) electrons. The van der Waals surface area contributed by atoms with Crippen LogP contribution in [0, 0.1) is 19.7 Å². The first kappa shape index (κ1) is 19.2. The predicted octanol–water partition coefficient (Wildman–Crippen LogP) is 5.48. The van der Waals surface area contributed by atoms with E-state index in [1.54, 1.807) is 6.07 Å². The lowest BCUT2D eigenvalue weighted by Crippen LogP contribution is -2.05. The lowest BCUT2D eigenvalue weighted by Gasteiger charge is -2.13. The van der Waals surface area contributed by atoms with Gasteiger partial charge in [0, 0.05) is 6.42 Å². The Morgan fingerprint density at radius 2 is 2.00 bits per heavy atom. The van der Waals surface area contributed by atoms with Crippen molar-refractivity contribution in [1.29, 1.82) is 0 Å². The van der Waals surface area contributed by atoms with E-state index in [-0.39, 0.29) is 12.2 Å². The van der Waals surface area contributed by atoms with Crippen molar-refractivity contribution in [3.8, 4) is 5.75 Å². The maximum absolute atomic E-state index is 14.4. The van der Waals surface area contributed by atoms with E-state index in [4.69, 9.17) is 9.84 Å². The van der Waals surface area contributed by atoms with Crippen molar-refractivity contribution in [2.24, 2.45) is 0 Å². The second-order valence-corrected chi connectivity index (χ2v) is 7.20. The number of ether oxygens (including phenoxy) is 1. The third kappa shape index (κ3) is 4.76. The van der Waals surface area contributed by atoms with Crippen LogP contribution in [0.5, 0.6) is 5.75 Å². The number of hydrogen-bond donors (Lipinski definition) is 1. The van der Waals surface area contributed by atoms with Gasteiger partial charge in [0.05, 0.1) is 0 Å². The van der Waals surface area contributed by atoms with E-state index < -0.39 is 11.8 Å². The van der Waals surface area contributed by atoms with Gasteiger partial charge in [-0.2, -0.15) is 0 Å². The molecule has 1 aliphatic rings.